The second-order valence-electron chi connectivity index (χ2n) is 6.73. The molecule has 0 saturated carbocycles. The van der Waals surface area contributed by atoms with Gasteiger partial charge in [0.1, 0.15) is 12.4 Å². The summed E-state index contributed by atoms with van der Waals surface area (Å²) in [4.78, 5) is 0. The molecule has 0 aliphatic carbocycles. The Kier molecular flexibility index (Phi) is 8.98. The molecule has 0 unspecified atom stereocenters. The van der Waals surface area contributed by atoms with Crippen LogP contribution < -0.4 is 4.74 Å². The minimum atomic E-state index is 0.0232. The number of benzene rings is 3. The van der Waals surface area contributed by atoms with Crippen molar-refractivity contribution in [3.63, 3.8) is 0 Å². The molecule has 0 bridgehead atoms. The first kappa shape index (κ1) is 22.1. The van der Waals surface area contributed by atoms with E-state index in [0.29, 0.717) is 25.7 Å². The normalized spacial score (nSPS) is 11.8. The number of ether oxygens (including phenoxy) is 2. The third kappa shape index (κ3) is 6.20. The predicted octanol–water partition coefficient (Wildman–Crippen LogP) is 5.66. The molecule has 0 aromatic heterocycles. The lowest BCUT2D eigenvalue weighted by Gasteiger charge is -2.17. The summed E-state index contributed by atoms with van der Waals surface area (Å²) in [5.41, 5.74) is 5.86. The molecule has 0 fully saturated rings. The number of aliphatic hydroxyl groups excluding tert-OH is 1. The van der Waals surface area contributed by atoms with Crippen LogP contribution in [0.25, 0.3) is 11.1 Å². The molecule has 3 aromatic rings. The van der Waals surface area contributed by atoms with Gasteiger partial charge in [-0.15, -0.1) is 11.6 Å². The number of hydrogen-bond donors (Lipinski definition) is 1. The number of aliphatic hydroxyl groups is 1. The van der Waals surface area contributed by atoms with Crippen molar-refractivity contribution in [1.82, 2.24) is 0 Å². The maximum Gasteiger partial charge on any atom is 0.119 e. The summed E-state index contributed by atoms with van der Waals surface area (Å²) in [6.07, 6.45) is 0.774. The van der Waals surface area contributed by atoms with E-state index in [9.17, 15) is 0 Å². The van der Waals surface area contributed by atoms with Crippen molar-refractivity contribution in [3.8, 4) is 5.75 Å². The second-order valence-corrected chi connectivity index (χ2v) is 7.11. The van der Waals surface area contributed by atoms with Crippen molar-refractivity contribution >= 4 is 22.7 Å². The molecule has 0 saturated heterocycles. The fourth-order valence-electron chi connectivity index (χ4n) is 3.37. The van der Waals surface area contributed by atoms with Crippen LogP contribution in [0.2, 0.25) is 0 Å². The Balaban J connectivity index is 1.93. The zero-order valence-electron chi connectivity index (χ0n) is 17.0. The van der Waals surface area contributed by atoms with Gasteiger partial charge in [-0.05, 0) is 46.4 Å². The van der Waals surface area contributed by atoms with Gasteiger partial charge in [-0.2, -0.15) is 0 Å². The van der Waals surface area contributed by atoms with Crippen molar-refractivity contribution < 1.29 is 14.6 Å². The van der Waals surface area contributed by atoms with Crippen molar-refractivity contribution in [1.29, 1.82) is 0 Å². The molecule has 0 amide bonds. The van der Waals surface area contributed by atoms with Gasteiger partial charge >= 0.3 is 0 Å². The Morgan fingerprint density at radius 1 is 0.700 bits per heavy atom. The monoisotopic (exact) mass is 422 g/mol. The Hall–Kier alpha value is -2.59. The summed E-state index contributed by atoms with van der Waals surface area (Å²) < 4.78 is 11.0. The molecule has 0 aliphatic rings. The fraction of sp³-hybridized carbons (Fsp3) is 0.231. The largest absolute Gasteiger partial charge is 0.491 e. The predicted molar refractivity (Wildman–Crippen MR) is 124 cm³/mol. The fourth-order valence-corrected chi connectivity index (χ4v) is 3.56. The van der Waals surface area contributed by atoms with Crippen LogP contribution in [0.4, 0.5) is 0 Å². The van der Waals surface area contributed by atoms with Gasteiger partial charge in [0.15, 0.2) is 0 Å². The van der Waals surface area contributed by atoms with Crippen LogP contribution in [0.15, 0.2) is 84.9 Å². The van der Waals surface area contributed by atoms with E-state index < -0.39 is 0 Å². The summed E-state index contributed by atoms with van der Waals surface area (Å²) in [5, 5.41) is 8.75. The lowest BCUT2D eigenvalue weighted by atomic mass is 9.88. The van der Waals surface area contributed by atoms with Crippen molar-refractivity contribution in [2.45, 2.75) is 6.42 Å². The van der Waals surface area contributed by atoms with Gasteiger partial charge in [-0.25, -0.2) is 0 Å². The van der Waals surface area contributed by atoms with Gasteiger partial charge in [0.25, 0.3) is 0 Å². The van der Waals surface area contributed by atoms with Gasteiger partial charge in [0, 0.05) is 5.88 Å². The highest BCUT2D eigenvalue weighted by Crippen LogP contribution is 2.35. The van der Waals surface area contributed by atoms with Gasteiger partial charge in [-0.1, -0.05) is 72.8 Å². The van der Waals surface area contributed by atoms with Crippen LogP contribution in [-0.2, 0) is 4.74 Å². The lowest BCUT2D eigenvalue weighted by Crippen LogP contribution is -2.09. The molecular weight excluding hydrogens is 396 g/mol. The van der Waals surface area contributed by atoms with Gasteiger partial charge in [-0.3, -0.25) is 0 Å². The lowest BCUT2D eigenvalue weighted by molar-refractivity contribution is 0.0705. The number of alkyl halides is 1. The maximum absolute atomic E-state index is 8.75. The highest BCUT2D eigenvalue weighted by Gasteiger charge is 2.14. The second kappa shape index (κ2) is 12.2. The molecular formula is C26H27ClO3. The van der Waals surface area contributed by atoms with Crippen molar-refractivity contribution in [2.75, 3.05) is 32.3 Å². The van der Waals surface area contributed by atoms with Crippen LogP contribution in [0.5, 0.6) is 5.75 Å². The van der Waals surface area contributed by atoms with Crippen LogP contribution in [-0.4, -0.2) is 37.4 Å². The Labute approximate surface area is 183 Å². The standard InChI is InChI=1S/C26H27ClO3/c27-16-15-25(21-7-3-1-4-8-21)26(22-9-5-2-6-10-22)23-11-13-24(14-12-23)30-20-19-29-18-17-28/h1-14,28H,15-20H2/b26-25-. The van der Waals surface area contributed by atoms with Gasteiger partial charge in [0.2, 0.25) is 0 Å². The summed E-state index contributed by atoms with van der Waals surface area (Å²) in [6, 6.07) is 29.0. The third-order valence-electron chi connectivity index (χ3n) is 4.71. The average Bonchev–Trinajstić information content (AvgIpc) is 2.81. The van der Waals surface area contributed by atoms with E-state index in [1.165, 1.54) is 16.7 Å². The first-order valence-corrected chi connectivity index (χ1v) is 10.7. The zero-order chi connectivity index (χ0) is 21.0. The maximum atomic E-state index is 8.75. The van der Waals surface area contributed by atoms with Gasteiger partial charge in [0.05, 0.1) is 19.8 Å². The molecule has 3 rings (SSSR count). The summed E-state index contributed by atoms with van der Waals surface area (Å²) in [7, 11) is 0. The Morgan fingerprint density at radius 2 is 1.30 bits per heavy atom. The molecule has 156 valence electrons. The van der Waals surface area contributed by atoms with E-state index >= 15 is 0 Å². The highest BCUT2D eigenvalue weighted by molar-refractivity contribution is 6.18. The molecule has 4 heteroatoms. The first-order valence-electron chi connectivity index (χ1n) is 10.1. The summed E-state index contributed by atoms with van der Waals surface area (Å²) in [6.45, 7) is 1.25. The van der Waals surface area contributed by atoms with Crippen LogP contribution in [0, 0.1) is 0 Å². The molecule has 0 radical (unpaired) electrons. The third-order valence-corrected chi connectivity index (χ3v) is 4.89. The molecule has 0 atom stereocenters. The number of halogens is 1. The molecule has 0 heterocycles. The summed E-state index contributed by atoms with van der Waals surface area (Å²) in [5.74, 6) is 1.34. The molecule has 3 aromatic carbocycles. The van der Waals surface area contributed by atoms with Crippen molar-refractivity contribution in [2.24, 2.45) is 0 Å². The average molecular weight is 423 g/mol. The minimum Gasteiger partial charge on any atom is -0.491 e. The van der Waals surface area contributed by atoms with Gasteiger partial charge < -0.3 is 14.6 Å². The number of hydrogen-bond acceptors (Lipinski definition) is 3. The van der Waals surface area contributed by atoms with E-state index in [2.05, 4.69) is 60.7 Å². The van der Waals surface area contributed by atoms with Crippen LogP contribution >= 0.6 is 11.6 Å². The number of allylic oxidation sites excluding steroid dienone is 1. The zero-order valence-corrected chi connectivity index (χ0v) is 17.7. The van der Waals surface area contributed by atoms with E-state index in [1.807, 2.05) is 24.3 Å². The van der Waals surface area contributed by atoms with E-state index in [0.717, 1.165) is 23.3 Å². The minimum absolute atomic E-state index is 0.0232. The molecule has 0 aliphatic heterocycles. The smallest absolute Gasteiger partial charge is 0.119 e. The van der Waals surface area contributed by atoms with Crippen LogP contribution in [0.1, 0.15) is 23.1 Å². The highest BCUT2D eigenvalue weighted by atomic mass is 35.5. The van der Waals surface area contributed by atoms with E-state index in [4.69, 9.17) is 26.2 Å². The molecule has 3 nitrogen and oxygen atoms in total. The van der Waals surface area contributed by atoms with Crippen molar-refractivity contribution in [3.05, 3.63) is 102 Å². The number of rotatable bonds is 11. The molecule has 0 spiro atoms. The Morgan fingerprint density at radius 3 is 1.90 bits per heavy atom. The topological polar surface area (TPSA) is 38.7 Å². The Bertz CT molecular complexity index is 906. The van der Waals surface area contributed by atoms with Crippen LogP contribution in [0.3, 0.4) is 0 Å². The SMILES string of the molecule is OCCOCCOc1ccc(/C(=C(/CCCl)c2ccccc2)c2ccccc2)cc1. The molecule has 1 N–H and O–H groups in total. The van der Waals surface area contributed by atoms with E-state index in [-0.39, 0.29) is 6.61 Å². The van der Waals surface area contributed by atoms with E-state index in [1.54, 1.807) is 0 Å². The quantitative estimate of drug-likeness (QED) is 0.246. The molecule has 30 heavy (non-hydrogen) atoms. The summed E-state index contributed by atoms with van der Waals surface area (Å²) >= 11 is 6.20. The first-order chi connectivity index (χ1) is 14.8.